The van der Waals surface area contributed by atoms with E-state index in [1.807, 2.05) is 31.2 Å². The van der Waals surface area contributed by atoms with Crippen LogP contribution in [0.4, 0.5) is 11.4 Å². The molecule has 3 N–H and O–H groups in total. The molecule has 1 saturated heterocycles. The van der Waals surface area contributed by atoms with Gasteiger partial charge in [-0.1, -0.05) is 29.8 Å². The van der Waals surface area contributed by atoms with Crippen molar-refractivity contribution in [1.29, 1.82) is 0 Å². The summed E-state index contributed by atoms with van der Waals surface area (Å²) in [5.41, 5.74) is 7.95. The zero-order chi connectivity index (χ0) is 19.8. The van der Waals surface area contributed by atoms with Crippen LogP contribution in [0.5, 0.6) is 0 Å². The van der Waals surface area contributed by atoms with Crippen molar-refractivity contribution in [2.24, 2.45) is 11.7 Å². The summed E-state index contributed by atoms with van der Waals surface area (Å²) in [7, 11) is 0. The summed E-state index contributed by atoms with van der Waals surface area (Å²) in [5, 5.41) is 3.33. The minimum absolute atomic E-state index is 0.0986. The van der Waals surface area contributed by atoms with E-state index < -0.39 is 11.8 Å². The van der Waals surface area contributed by atoms with Crippen LogP contribution in [0.3, 0.4) is 0 Å². The van der Waals surface area contributed by atoms with Gasteiger partial charge in [0.2, 0.25) is 17.6 Å². The first-order chi connectivity index (χ1) is 13.4. The Morgan fingerprint density at radius 1 is 1.14 bits per heavy atom. The van der Waals surface area contributed by atoms with Crippen LogP contribution in [0, 0.1) is 12.8 Å². The molecule has 7 heteroatoms. The van der Waals surface area contributed by atoms with Gasteiger partial charge in [0.1, 0.15) is 11.3 Å². The molecular weight excluding hydrogens is 358 g/mol. The SMILES string of the molecule is Cc1ccc(N2C[C@H](C(=O)Nc3c(C(N)=O)oc4ccccc34)CC2=O)cc1. The third-order valence-electron chi connectivity index (χ3n) is 4.91. The highest BCUT2D eigenvalue weighted by Crippen LogP contribution is 2.32. The highest BCUT2D eigenvalue weighted by molar-refractivity contribution is 6.12. The van der Waals surface area contributed by atoms with Crippen LogP contribution in [0.15, 0.2) is 52.9 Å². The Hall–Kier alpha value is -3.61. The molecule has 1 atom stereocenters. The first-order valence-electron chi connectivity index (χ1n) is 8.93. The number of nitrogens with zero attached hydrogens (tertiary/aromatic N) is 1. The number of hydrogen-bond acceptors (Lipinski definition) is 4. The third-order valence-corrected chi connectivity index (χ3v) is 4.91. The van der Waals surface area contributed by atoms with Crippen LogP contribution in [0.1, 0.15) is 22.5 Å². The highest BCUT2D eigenvalue weighted by atomic mass is 16.3. The van der Waals surface area contributed by atoms with E-state index in [0.717, 1.165) is 11.3 Å². The largest absolute Gasteiger partial charge is 0.449 e. The number of aryl methyl sites for hydroxylation is 1. The standard InChI is InChI=1S/C21H19N3O4/c1-12-6-8-14(9-7-12)24-11-13(10-17(24)25)21(27)23-18-15-4-2-3-5-16(15)28-19(18)20(22)26/h2-9,13H,10-11H2,1H3,(H2,22,26)(H,23,27)/t13-/m1/s1. The van der Waals surface area contributed by atoms with Crippen LogP contribution in [-0.4, -0.2) is 24.3 Å². The molecule has 0 aliphatic carbocycles. The summed E-state index contributed by atoms with van der Waals surface area (Å²) in [4.78, 5) is 38.6. The Balaban J connectivity index is 1.57. The Morgan fingerprint density at radius 2 is 1.86 bits per heavy atom. The van der Waals surface area contributed by atoms with E-state index in [4.69, 9.17) is 10.2 Å². The van der Waals surface area contributed by atoms with Crippen molar-refractivity contribution in [2.45, 2.75) is 13.3 Å². The quantitative estimate of drug-likeness (QED) is 0.729. The van der Waals surface area contributed by atoms with E-state index >= 15 is 0 Å². The predicted octanol–water partition coefficient (Wildman–Crippen LogP) is 2.83. The van der Waals surface area contributed by atoms with E-state index in [0.29, 0.717) is 11.0 Å². The second-order valence-electron chi connectivity index (χ2n) is 6.90. The molecule has 3 amide bonds. The minimum atomic E-state index is -0.768. The normalized spacial score (nSPS) is 16.5. The number of carbonyl (C=O) groups is 3. The summed E-state index contributed by atoms with van der Waals surface area (Å²) < 4.78 is 5.48. The molecule has 1 aliphatic rings. The van der Waals surface area contributed by atoms with Gasteiger partial charge >= 0.3 is 0 Å². The first kappa shape index (κ1) is 17.8. The van der Waals surface area contributed by atoms with Gasteiger partial charge in [0.25, 0.3) is 5.91 Å². The number of anilines is 2. The van der Waals surface area contributed by atoms with Crippen molar-refractivity contribution in [3.8, 4) is 0 Å². The summed E-state index contributed by atoms with van der Waals surface area (Å²) in [6.45, 7) is 2.24. The molecule has 7 nitrogen and oxygen atoms in total. The lowest BCUT2D eigenvalue weighted by molar-refractivity contribution is -0.122. The molecule has 0 saturated carbocycles. The van der Waals surface area contributed by atoms with Crippen molar-refractivity contribution < 1.29 is 18.8 Å². The Kier molecular flexibility index (Phi) is 4.35. The van der Waals surface area contributed by atoms with Gasteiger partial charge in [-0.2, -0.15) is 0 Å². The van der Waals surface area contributed by atoms with Gasteiger partial charge in [-0.15, -0.1) is 0 Å². The molecule has 0 radical (unpaired) electrons. The van der Waals surface area contributed by atoms with Crippen LogP contribution in [0.2, 0.25) is 0 Å². The number of carbonyl (C=O) groups excluding carboxylic acids is 3. The lowest BCUT2D eigenvalue weighted by atomic mass is 10.1. The topological polar surface area (TPSA) is 106 Å². The number of para-hydroxylation sites is 1. The number of nitrogens with two attached hydrogens (primary N) is 1. The maximum atomic E-state index is 12.8. The maximum Gasteiger partial charge on any atom is 0.286 e. The Bertz CT molecular complexity index is 1080. The van der Waals surface area contributed by atoms with Crippen molar-refractivity contribution in [3.05, 3.63) is 59.9 Å². The molecule has 28 heavy (non-hydrogen) atoms. The Morgan fingerprint density at radius 3 is 2.57 bits per heavy atom. The molecule has 3 aromatic rings. The number of furan rings is 1. The fourth-order valence-electron chi connectivity index (χ4n) is 3.43. The predicted molar refractivity (Wildman–Crippen MR) is 105 cm³/mol. The van der Waals surface area contributed by atoms with Gasteiger partial charge in [-0.05, 0) is 31.2 Å². The average Bonchev–Trinajstić information content (AvgIpc) is 3.24. The lowest BCUT2D eigenvalue weighted by Gasteiger charge is -2.17. The summed E-state index contributed by atoms with van der Waals surface area (Å²) in [5.74, 6) is -1.87. The van der Waals surface area contributed by atoms with Crippen LogP contribution >= 0.6 is 0 Å². The van der Waals surface area contributed by atoms with Crippen molar-refractivity contribution in [2.75, 3.05) is 16.8 Å². The molecule has 0 bridgehead atoms. The number of rotatable bonds is 4. The smallest absolute Gasteiger partial charge is 0.286 e. The van der Waals surface area contributed by atoms with Gasteiger partial charge in [0, 0.05) is 24.0 Å². The zero-order valence-corrected chi connectivity index (χ0v) is 15.3. The molecule has 4 rings (SSSR count). The van der Waals surface area contributed by atoms with Crippen molar-refractivity contribution in [3.63, 3.8) is 0 Å². The average molecular weight is 377 g/mol. The van der Waals surface area contributed by atoms with E-state index in [1.165, 1.54) is 0 Å². The fraction of sp³-hybridized carbons (Fsp3) is 0.190. The summed E-state index contributed by atoms with van der Waals surface area (Å²) in [6, 6.07) is 14.5. The fourth-order valence-corrected chi connectivity index (χ4v) is 3.43. The van der Waals surface area contributed by atoms with Gasteiger partial charge in [-0.25, -0.2) is 0 Å². The van der Waals surface area contributed by atoms with Crippen molar-refractivity contribution >= 4 is 40.1 Å². The molecule has 2 heterocycles. The van der Waals surface area contributed by atoms with E-state index in [9.17, 15) is 14.4 Å². The number of nitrogens with one attached hydrogen (secondary N) is 1. The summed E-state index contributed by atoms with van der Waals surface area (Å²) >= 11 is 0. The molecular formula is C21H19N3O4. The number of primary amides is 1. The molecule has 1 aliphatic heterocycles. The number of fused-ring (bicyclic) bond motifs is 1. The molecule has 0 unspecified atom stereocenters. The zero-order valence-electron chi connectivity index (χ0n) is 15.3. The van der Waals surface area contributed by atoms with Gasteiger partial charge in [0.05, 0.1) is 5.92 Å². The number of amides is 3. The van der Waals surface area contributed by atoms with Gasteiger partial charge in [0.15, 0.2) is 0 Å². The number of benzene rings is 2. The monoisotopic (exact) mass is 377 g/mol. The van der Waals surface area contributed by atoms with E-state index in [1.54, 1.807) is 29.2 Å². The van der Waals surface area contributed by atoms with Crippen LogP contribution in [-0.2, 0) is 9.59 Å². The lowest BCUT2D eigenvalue weighted by Crippen LogP contribution is -2.28. The van der Waals surface area contributed by atoms with Gasteiger partial charge in [-0.3, -0.25) is 14.4 Å². The Labute approximate surface area is 161 Å². The van der Waals surface area contributed by atoms with Crippen LogP contribution < -0.4 is 16.0 Å². The van der Waals surface area contributed by atoms with Gasteiger partial charge < -0.3 is 20.4 Å². The molecule has 1 aromatic heterocycles. The molecule has 142 valence electrons. The molecule has 0 spiro atoms. The second kappa shape index (κ2) is 6.84. The summed E-state index contributed by atoms with van der Waals surface area (Å²) in [6.07, 6.45) is 0.0986. The minimum Gasteiger partial charge on any atom is -0.449 e. The number of hydrogen-bond donors (Lipinski definition) is 2. The van der Waals surface area contributed by atoms with Crippen LogP contribution in [0.25, 0.3) is 11.0 Å². The second-order valence-corrected chi connectivity index (χ2v) is 6.90. The third kappa shape index (κ3) is 3.11. The highest BCUT2D eigenvalue weighted by Gasteiger charge is 2.36. The molecule has 1 fully saturated rings. The van der Waals surface area contributed by atoms with E-state index in [-0.39, 0.29) is 36.2 Å². The van der Waals surface area contributed by atoms with E-state index in [2.05, 4.69) is 5.32 Å². The first-order valence-corrected chi connectivity index (χ1v) is 8.93. The van der Waals surface area contributed by atoms with Crippen molar-refractivity contribution in [1.82, 2.24) is 0 Å². The maximum absolute atomic E-state index is 12.8. The molecule has 2 aromatic carbocycles.